The summed E-state index contributed by atoms with van der Waals surface area (Å²) in [5.74, 6) is 0. The molecule has 0 rings (SSSR count). The van der Waals surface area contributed by atoms with Crippen LogP contribution in [0, 0.1) is 0 Å². The van der Waals surface area contributed by atoms with E-state index in [9.17, 15) is 5.11 Å². The molecule has 0 fully saturated rings. The number of rotatable bonds is 9. The average molecular weight is 233 g/mol. The summed E-state index contributed by atoms with van der Waals surface area (Å²) in [6.07, 6.45) is 0.588. The van der Waals surface area contributed by atoms with Crippen molar-refractivity contribution in [3.8, 4) is 0 Å². The second kappa shape index (κ2) is 8.01. The highest BCUT2D eigenvalue weighted by atomic mass is 16.5. The Morgan fingerprint density at radius 2 is 1.94 bits per heavy atom. The fourth-order valence-corrected chi connectivity index (χ4v) is 1.14. The molecule has 0 aromatic rings. The smallest absolute Gasteiger partial charge is 0.0898 e. The van der Waals surface area contributed by atoms with E-state index >= 15 is 0 Å². The summed E-state index contributed by atoms with van der Waals surface area (Å²) in [7, 11) is 1.64. The molecule has 0 saturated heterocycles. The summed E-state index contributed by atoms with van der Waals surface area (Å²) in [4.78, 5) is 0. The lowest BCUT2D eigenvalue weighted by molar-refractivity contribution is -0.0323. The van der Waals surface area contributed by atoms with Crippen LogP contribution in [0.15, 0.2) is 0 Å². The van der Waals surface area contributed by atoms with Crippen molar-refractivity contribution in [2.24, 2.45) is 0 Å². The summed E-state index contributed by atoms with van der Waals surface area (Å²) in [5.41, 5.74) is 0.0686. The Balaban J connectivity index is 3.62. The van der Waals surface area contributed by atoms with Gasteiger partial charge in [0.1, 0.15) is 0 Å². The van der Waals surface area contributed by atoms with Gasteiger partial charge in [0.2, 0.25) is 0 Å². The van der Waals surface area contributed by atoms with Gasteiger partial charge in [-0.1, -0.05) is 6.92 Å². The van der Waals surface area contributed by atoms with Crippen molar-refractivity contribution in [2.45, 2.75) is 51.9 Å². The number of hydrogen-bond donors (Lipinski definition) is 2. The molecule has 2 N–H and O–H groups in total. The number of hydrogen-bond acceptors (Lipinski definition) is 4. The summed E-state index contributed by atoms with van der Waals surface area (Å²) in [6, 6.07) is 0. The van der Waals surface area contributed by atoms with E-state index in [1.807, 2.05) is 6.92 Å². The van der Waals surface area contributed by atoms with Crippen LogP contribution in [0.25, 0.3) is 0 Å². The van der Waals surface area contributed by atoms with Crippen molar-refractivity contribution in [3.63, 3.8) is 0 Å². The zero-order valence-corrected chi connectivity index (χ0v) is 11.2. The Morgan fingerprint density at radius 1 is 1.31 bits per heavy atom. The molecule has 0 amide bonds. The summed E-state index contributed by atoms with van der Waals surface area (Å²) < 4.78 is 10.4. The third kappa shape index (κ3) is 8.05. The van der Waals surface area contributed by atoms with E-state index < -0.39 is 6.10 Å². The molecule has 0 aromatic carbocycles. The van der Waals surface area contributed by atoms with Crippen LogP contribution in [0.2, 0.25) is 0 Å². The Hall–Kier alpha value is -0.160. The molecule has 2 unspecified atom stereocenters. The first-order chi connectivity index (χ1) is 7.41. The third-order valence-corrected chi connectivity index (χ3v) is 2.67. The normalized spacial score (nSPS) is 16.1. The molecule has 4 nitrogen and oxygen atoms in total. The van der Waals surface area contributed by atoms with Crippen molar-refractivity contribution in [1.29, 1.82) is 0 Å². The quantitative estimate of drug-likeness (QED) is 0.628. The van der Waals surface area contributed by atoms with E-state index in [0.29, 0.717) is 19.8 Å². The lowest BCUT2D eigenvalue weighted by Gasteiger charge is -2.26. The molecule has 4 heteroatoms. The predicted molar refractivity (Wildman–Crippen MR) is 65.7 cm³/mol. The van der Waals surface area contributed by atoms with Crippen molar-refractivity contribution in [1.82, 2.24) is 5.32 Å². The van der Waals surface area contributed by atoms with Crippen LogP contribution in [-0.2, 0) is 9.47 Å². The summed E-state index contributed by atoms with van der Waals surface area (Å²) >= 11 is 0. The van der Waals surface area contributed by atoms with Gasteiger partial charge in [-0.05, 0) is 27.2 Å². The van der Waals surface area contributed by atoms with Gasteiger partial charge in [-0.2, -0.15) is 0 Å². The first-order valence-electron chi connectivity index (χ1n) is 5.95. The minimum absolute atomic E-state index is 0.0267. The Labute approximate surface area is 99.3 Å². The number of nitrogens with one attached hydrogen (secondary N) is 1. The van der Waals surface area contributed by atoms with Crippen LogP contribution in [0.5, 0.6) is 0 Å². The highest BCUT2D eigenvalue weighted by Crippen LogP contribution is 2.06. The van der Waals surface area contributed by atoms with Gasteiger partial charge in [-0.3, -0.25) is 0 Å². The fourth-order valence-electron chi connectivity index (χ4n) is 1.14. The second-order valence-electron chi connectivity index (χ2n) is 4.87. The van der Waals surface area contributed by atoms with Gasteiger partial charge in [-0.25, -0.2) is 0 Å². The zero-order chi connectivity index (χ0) is 12.6. The minimum atomic E-state index is -0.467. The van der Waals surface area contributed by atoms with Gasteiger partial charge < -0.3 is 19.9 Å². The topological polar surface area (TPSA) is 50.7 Å². The Morgan fingerprint density at radius 3 is 2.44 bits per heavy atom. The fraction of sp³-hybridized carbons (Fsp3) is 1.00. The largest absolute Gasteiger partial charge is 0.389 e. The molecule has 98 valence electrons. The van der Waals surface area contributed by atoms with Crippen molar-refractivity contribution < 1.29 is 14.6 Å². The van der Waals surface area contributed by atoms with Crippen LogP contribution >= 0.6 is 0 Å². The molecular weight excluding hydrogens is 206 g/mol. The molecule has 0 saturated carbocycles. The van der Waals surface area contributed by atoms with Gasteiger partial charge >= 0.3 is 0 Å². The number of aliphatic hydroxyl groups excluding tert-OH is 1. The third-order valence-electron chi connectivity index (χ3n) is 2.67. The highest BCUT2D eigenvalue weighted by molar-refractivity contribution is 4.76. The van der Waals surface area contributed by atoms with Crippen LogP contribution in [-0.4, -0.2) is 49.7 Å². The lowest BCUT2D eigenvalue weighted by atomic mass is 10.0. The number of ether oxygens (including phenoxy) is 2. The van der Waals surface area contributed by atoms with Gasteiger partial charge in [0.25, 0.3) is 0 Å². The van der Waals surface area contributed by atoms with E-state index in [0.717, 1.165) is 6.42 Å². The Bertz CT molecular complexity index is 174. The maximum atomic E-state index is 9.70. The SMILES string of the molecule is CCC(C)(C)NCC(O)COC(C)COC. The average Bonchev–Trinajstić information content (AvgIpc) is 2.24. The van der Waals surface area contributed by atoms with Crippen molar-refractivity contribution in [2.75, 3.05) is 26.9 Å². The molecule has 0 aliphatic rings. The van der Waals surface area contributed by atoms with Crippen LogP contribution < -0.4 is 5.32 Å². The number of β-amino-alcohol motifs (C(OH)–C–C–N with tert-alkyl or cyclic N) is 1. The first kappa shape index (κ1) is 15.8. The van der Waals surface area contributed by atoms with Gasteiger partial charge in [0.05, 0.1) is 25.4 Å². The van der Waals surface area contributed by atoms with E-state index in [4.69, 9.17) is 9.47 Å². The minimum Gasteiger partial charge on any atom is -0.389 e. The van der Waals surface area contributed by atoms with Gasteiger partial charge in [0, 0.05) is 19.2 Å². The van der Waals surface area contributed by atoms with Crippen LogP contribution in [0.1, 0.15) is 34.1 Å². The molecule has 0 aromatic heterocycles. The predicted octanol–water partition coefficient (Wildman–Crippen LogP) is 1.18. The van der Waals surface area contributed by atoms with Crippen molar-refractivity contribution in [3.05, 3.63) is 0 Å². The van der Waals surface area contributed by atoms with E-state index in [1.165, 1.54) is 0 Å². The van der Waals surface area contributed by atoms with Crippen molar-refractivity contribution >= 4 is 0 Å². The standard InChI is InChI=1S/C12H27NO3/c1-6-12(3,4)13-7-11(14)9-16-10(2)8-15-5/h10-11,13-14H,6-9H2,1-5H3. The number of methoxy groups -OCH3 is 1. The molecule has 0 aliphatic carbocycles. The second-order valence-corrected chi connectivity index (χ2v) is 4.87. The van der Waals surface area contributed by atoms with E-state index in [-0.39, 0.29) is 11.6 Å². The van der Waals surface area contributed by atoms with E-state index in [1.54, 1.807) is 7.11 Å². The van der Waals surface area contributed by atoms with Gasteiger partial charge in [0.15, 0.2) is 0 Å². The molecule has 2 atom stereocenters. The summed E-state index contributed by atoms with van der Waals surface area (Å²) in [6.45, 7) is 9.75. The van der Waals surface area contributed by atoms with Crippen LogP contribution in [0.4, 0.5) is 0 Å². The summed E-state index contributed by atoms with van der Waals surface area (Å²) in [5, 5.41) is 13.0. The maximum absolute atomic E-state index is 9.70. The molecule has 0 spiro atoms. The number of aliphatic hydroxyl groups is 1. The Kier molecular flexibility index (Phi) is 7.93. The molecule has 0 heterocycles. The molecule has 0 radical (unpaired) electrons. The lowest BCUT2D eigenvalue weighted by Crippen LogP contribution is -2.44. The zero-order valence-electron chi connectivity index (χ0n) is 11.2. The van der Waals surface area contributed by atoms with E-state index in [2.05, 4.69) is 26.1 Å². The van der Waals surface area contributed by atoms with Crippen LogP contribution in [0.3, 0.4) is 0 Å². The monoisotopic (exact) mass is 233 g/mol. The highest BCUT2D eigenvalue weighted by Gasteiger charge is 2.16. The molecule has 0 aliphatic heterocycles. The molecule has 16 heavy (non-hydrogen) atoms. The molecular formula is C12H27NO3. The maximum Gasteiger partial charge on any atom is 0.0898 e. The molecule has 0 bridgehead atoms. The van der Waals surface area contributed by atoms with Gasteiger partial charge in [-0.15, -0.1) is 0 Å². The first-order valence-corrected chi connectivity index (χ1v) is 5.95.